The number of benzene rings is 3. The van der Waals surface area contributed by atoms with Crippen LogP contribution in [0.3, 0.4) is 0 Å². The van der Waals surface area contributed by atoms with E-state index < -0.39 is 6.09 Å². The van der Waals surface area contributed by atoms with E-state index in [0.29, 0.717) is 6.54 Å². The summed E-state index contributed by atoms with van der Waals surface area (Å²) in [5.74, 6) is 0. The maximum Gasteiger partial charge on any atom is 0.411 e. The highest BCUT2D eigenvalue weighted by Crippen LogP contribution is 2.54. The van der Waals surface area contributed by atoms with Crippen molar-refractivity contribution in [1.29, 1.82) is 0 Å². The molecule has 0 fully saturated rings. The number of amides is 1. The molecule has 4 heteroatoms. The van der Waals surface area contributed by atoms with Crippen LogP contribution in [-0.4, -0.2) is 30.8 Å². The Hall–Kier alpha value is -3.27. The van der Waals surface area contributed by atoms with Crippen LogP contribution in [0.25, 0.3) is 0 Å². The third-order valence-electron chi connectivity index (χ3n) is 8.04. The van der Waals surface area contributed by atoms with Gasteiger partial charge in [0.25, 0.3) is 0 Å². The summed E-state index contributed by atoms with van der Waals surface area (Å²) in [6.07, 6.45) is 1.11. The summed E-state index contributed by atoms with van der Waals surface area (Å²) in [6, 6.07) is 25.7. The van der Waals surface area contributed by atoms with Crippen molar-refractivity contribution in [3.63, 3.8) is 0 Å². The van der Waals surface area contributed by atoms with Gasteiger partial charge in [-0.3, -0.25) is 4.90 Å². The number of hydrogen-bond acceptors (Lipinski definition) is 2. The Labute approximate surface area is 196 Å². The molecule has 0 saturated carbocycles. The van der Waals surface area contributed by atoms with Crippen LogP contribution in [0, 0.1) is 0 Å². The van der Waals surface area contributed by atoms with Gasteiger partial charge in [-0.05, 0) is 54.2 Å². The molecule has 0 spiro atoms. The molecule has 2 aliphatic rings. The van der Waals surface area contributed by atoms with Crippen LogP contribution in [0.5, 0.6) is 0 Å². The van der Waals surface area contributed by atoms with Crippen molar-refractivity contribution in [2.45, 2.75) is 44.4 Å². The highest BCUT2D eigenvalue weighted by molar-refractivity contribution is 5.88. The lowest BCUT2D eigenvalue weighted by Gasteiger charge is -2.50. The Balaban J connectivity index is 1.82. The van der Waals surface area contributed by atoms with Crippen LogP contribution in [0.2, 0.25) is 0 Å². The minimum Gasteiger partial charge on any atom is -0.465 e. The molecular weight excluding hydrogens is 408 g/mol. The van der Waals surface area contributed by atoms with Crippen LogP contribution >= 0.6 is 0 Å². The van der Waals surface area contributed by atoms with Crippen LogP contribution in [0.4, 0.5) is 16.2 Å². The van der Waals surface area contributed by atoms with Gasteiger partial charge >= 0.3 is 6.09 Å². The Morgan fingerprint density at radius 1 is 0.879 bits per heavy atom. The van der Waals surface area contributed by atoms with Gasteiger partial charge in [0.1, 0.15) is 0 Å². The van der Waals surface area contributed by atoms with E-state index in [2.05, 4.69) is 91.5 Å². The molecule has 2 heterocycles. The molecular formula is C29H32N2O2. The summed E-state index contributed by atoms with van der Waals surface area (Å²) in [7, 11) is 0. The molecule has 0 radical (unpaired) electrons. The molecule has 4 nitrogen and oxygen atoms in total. The average molecular weight is 441 g/mol. The maximum atomic E-state index is 12.2. The summed E-state index contributed by atoms with van der Waals surface area (Å²) in [5.41, 5.74) is 6.78. The summed E-state index contributed by atoms with van der Waals surface area (Å²) >= 11 is 0. The first kappa shape index (κ1) is 21.6. The van der Waals surface area contributed by atoms with Crippen LogP contribution in [0.1, 0.15) is 55.9 Å². The molecule has 0 saturated heterocycles. The first-order chi connectivity index (χ1) is 15.9. The van der Waals surface area contributed by atoms with Crippen LogP contribution in [-0.2, 0) is 10.8 Å². The highest BCUT2D eigenvalue weighted by atomic mass is 16.4. The molecule has 0 aromatic heterocycles. The van der Waals surface area contributed by atoms with E-state index in [1.807, 2.05) is 6.92 Å². The van der Waals surface area contributed by atoms with Gasteiger partial charge in [0, 0.05) is 41.8 Å². The molecule has 3 aromatic carbocycles. The molecule has 3 aromatic rings. The molecule has 1 amide bonds. The quantitative estimate of drug-likeness (QED) is 0.509. The van der Waals surface area contributed by atoms with E-state index in [9.17, 15) is 9.90 Å². The fourth-order valence-corrected chi connectivity index (χ4v) is 5.92. The van der Waals surface area contributed by atoms with Crippen molar-refractivity contribution in [3.8, 4) is 0 Å². The fraction of sp³-hybridized carbons (Fsp3) is 0.345. The predicted octanol–water partition coefficient (Wildman–Crippen LogP) is 6.42. The number of carboxylic acid groups (broad SMARTS) is 1. The lowest BCUT2D eigenvalue weighted by molar-refractivity contribution is 0.202. The number of hydrogen-bond donors (Lipinski definition) is 1. The second-order valence-corrected chi connectivity index (χ2v) is 9.80. The SMILES string of the molecule is CCN(C(=O)O)c1cc2c3c(c1)[C@](C)(c1ccccc1)CCN3CC[C@@]2(C)c1ccccc1. The van der Waals surface area contributed by atoms with Crippen molar-refractivity contribution in [2.75, 3.05) is 29.4 Å². The number of anilines is 2. The van der Waals surface area contributed by atoms with E-state index in [1.54, 1.807) is 0 Å². The van der Waals surface area contributed by atoms with Crippen molar-refractivity contribution in [2.24, 2.45) is 0 Å². The summed E-state index contributed by atoms with van der Waals surface area (Å²) in [5, 5.41) is 9.97. The Kier molecular flexibility index (Phi) is 5.19. The molecule has 170 valence electrons. The molecule has 2 aliphatic heterocycles. The highest BCUT2D eigenvalue weighted by Gasteiger charge is 2.45. The van der Waals surface area contributed by atoms with Crippen molar-refractivity contribution >= 4 is 17.5 Å². The van der Waals surface area contributed by atoms with Gasteiger partial charge in [0.05, 0.1) is 0 Å². The first-order valence-electron chi connectivity index (χ1n) is 11.9. The minimum absolute atomic E-state index is 0.176. The maximum absolute atomic E-state index is 12.2. The second-order valence-electron chi connectivity index (χ2n) is 9.80. The molecule has 0 unspecified atom stereocenters. The first-order valence-corrected chi connectivity index (χ1v) is 11.9. The second kappa shape index (κ2) is 7.95. The van der Waals surface area contributed by atoms with Crippen LogP contribution < -0.4 is 9.80 Å². The van der Waals surface area contributed by atoms with Crippen molar-refractivity contribution < 1.29 is 9.90 Å². The lowest BCUT2D eigenvalue weighted by atomic mass is 9.64. The van der Waals surface area contributed by atoms with Crippen LogP contribution in [0.15, 0.2) is 72.8 Å². The third kappa shape index (κ3) is 3.31. The molecule has 1 N–H and O–H groups in total. The van der Waals surface area contributed by atoms with Crippen molar-refractivity contribution in [3.05, 3.63) is 95.1 Å². The normalized spacial score (nSPS) is 23.7. The van der Waals surface area contributed by atoms with E-state index in [-0.39, 0.29) is 10.8 Å². The molecule has 33 heavy (non-hydrogen) atoms. The topological polar surface area (TPSA) is 43.8 Å². The van der Waals surface area contributed by atoms with Gasteiger partial charge in [-0.15, -0.1) is 0 Å². The predicted molar refractivity (Wildman–Crippen MR) is 135 cm³/mol. The standard InChI is InChI=1S/C29H32N2O2/c1-4-31(27(32)33)23-19-24-26-25(20-23)29(3,22-13-9-6-10-14-22)16-18-30(26)17-15-28(24,2)21-11-7-5-8-12-21/h5-14,19-20H,4,15-18H2,1-3H3,(H,32,33)/t28-,29-/m0/s1. The van der Waals surface area contributed by atoms with Gasteiger partial charge in [-0.1, -0.05) is 74.5 Å². The monoisotopic (exact) mass is 440 g/mol. The molecule has 2 atom stereocenters. The summed E-state index contributed by atoms with van der Waals surface area (Å²) < 4.78 is 0. The zero-order chi connectivity index (χ0) is 23.2. The van der Waals surface area contributed by atoms with E-state index in [4.69, 9.17) is 0 Å². The fourth-order valence-electron chi connectivity index (χ4n) is 5.92. The molecule has 0 aliphatic carbocycles. The number of rotatable bonds is 4. The number of carbonyl (C=O) groups is 1. The third-order valence-corrected chi connectivity index (χ3v) is 8.04. The Bertz CT molecular complexity index is 1100. The Morgan fingerprint density at radius 2 is 1.33 bits per heavy atom. The Morgan fingerprint density at radius 3 is 1.73 bits per heavy atom. The van der Waals surface area contributed by atoms with E-state index in [1.165, 1.54) is 32.8 Å². The lowest BCUT2D eigenvalue weighted by Crippen LogP contribution is -2.47. The van der Waals surface area contributed by atoms with E-state index in [0.717, 1.165) is 31.6 Å². The largest absolute Gasteiger partial charge is 0.465 e. The molecule has 5 rings (SSSR count). The van der Waals surface area contributed by atoms with Gasteiger partial charge in [-0.2, -0.15) is 0 Å². The minimum atomic E-state index is -0.907. The summed E-state index contributed by atoms with van der Waals surface area (Å²) in [6.45, 7) is 8.98. The van der Waals surface area contributed by atoms with Gasteiger partial charge < -0.3 is 10.0 Å². The van der Waals surface area contributed by atoms with Gasteiger partial charge in [0.15, 0.2) is 0 Å². The van der Waals surface area contributed by atoms with E-state index >= 15 is 0 Å². The van der Waals surface area contributed by atoms with Gasteiger partial charge in [-0.25, -0.2) is 4.79 Å². The zero-order valence-corrected chi connectivity index (χ0v) is 19.7. The summed E-state index contributed by atoms with van der Waals surface area (Å²) in [4.78, 5) is 16.2. The van der Waals surface area contributed by atoms with Gasteiger partial charge in [0.2, 0.25) is 0 Å². The number of nitrogens with zero attached hydrogens (tertiary/aromatic N) is 2. The molecule has 0 bridgehead atoms. The smallest absolute Gasteiger partial charge is 0.411 e. The average Bonchev–Trinajstić information content (AvgIpc) is 2.84. The zero-order valence-electron chi connectivity index (χ0n) is 19.7. The van der Waals surface area contributed by atoms with Crippen molar-refractivity contribution in [1.82, 2.24) is 0 Å².